The summed E-state index contributed by atoms with van der Waals surface area (Å²) in [5.41, 5.74) is 0.287. The number of amides is 2. The number of carbonyl (C=O) groups excluding carboxylic acids is 2. The molecule has 2 rings (SSSR count). The van der Waals surface area contributed by atoms with Crippen molar-refractivity contribution >= 4 is 11.8 Å². The average Bonchev–Trinajstić information content (AvgIpc) is 3.04. The molecule has 0 saturated carbocycles. The summed E-state index contributed by atoms with van der Waals surface area (Å²) in [6.45, 7) is 5.34. The highest BCUT2D eigenvalue weighted by molar-refractivity contribution is 5.92. The zero-order valence-electron chi connectivity index (χ0n) is 12.8. The highest BCUT2D eigenvalue weighted by Gasteiger charge is 2.20. The van der Waals surface area contributed by atoms with Crippen molar-refractivity contribution in [3.05, 3.63) is 11.8 Å². The molecule has 7 nitrogen and oxygen atoms in total. The minimum absolute atomic E-state index is 0.0230. The lowest BCUT2D eigenvalue weighted by Crippen LogP contribution is -2.32. The fourth-order valence-electron chi connectivity index (χ4n) is 2.23. The lowest BCUT2D eigenvalue weighted by atomic mass is 10.3. The van der Waals surface area contributed by atoms with E-state index in [9.17, 15) is 9.59 Å². The Bertz CT molecular complexity index is 518. The summed E-state index contributed by atoms with van der Waals surface area (Å²) in [6, 6.07) is 1.59. The summed E-state index contributed by atoms with van der Waals surface area (Å²) in [5, 5.41) is 6.86. The van der Waals surface area contributed by atoms with Gasteiger partial charge in [-0.25, -0.2) is 4.68 Å². The molecule has 0 aliphatic carbocycles. The summed E-state index contributed by atoms with van der Waals surface area (Å²) < 4.78 is 6.94. The molecule has 1 aromatic rings. The predicted octanol–water partition coefficient (Wildman–Crippen LogP) is 0.559. The molecule has 0 radical (unpaired) electrons. The van der Waals surface area contributed by atoms with Crippen molar-refractivity contribution in [3.8, 4) is 5.88 Å². The summed E-state index contributed by atoms with van der Waals surface area (Å²) >= 11 is 0. The van der Waals surface area contributed by atoms with Gasteiger partial charge in [0.05, 0.1) is 0 Å². The maximum atomic E-state index is 11.9. The third kappa shape index (κ3) is 3.96. The molecular weight excluding hydrogens is 272 g/mol. The van der Waals surface area contributed by atoms with E-state index < -0.39 is 0 Å². The number of hydrogen-bond donors (Lipinski definition) is 1. The topological polar surface area (TPSA) is 76.5 Å². The first kappa shape index (κ1) is 15.3. The van der Waals surface area contributed by atoms with Crippen LogP contribution < -0.4 is 10.1 Å². The molecule has 2 heterocycles. The third-order valence-corrected chi connectivity index (χ3v) is 3.29. The van der Waals surface area contributed by atoms with Crippen LogP contribution in [0, 0.1) is 0 Å². The number of ether oxygens (including phenoxy) is 1. The van der Waals surface area contributed by atoms with Crippen LogP contribution in [0.25, 0.3) is 0 Å². The normalized spacial score (nSPS) is 14.6. The van der Waals surface area contributed by atoms with Gasteiger partial charge in [0.2, 0.25) is 5.88 Å². The zero-order chi connectivity index (χ0) is 15.4. The fraction of sp³-hybridized carbons (Fsp3) is 0.643. The predicted molar refractivity (Wildman–Crippen MR) is 77.1 cm³/mol. The van der Waals surface area contributed by atoms with Crippen molar-refractivity contribution < 1.29 is 14.3 Å². The van der Waals surface area contributed by atoms with Crippen LogP contribution >= 0.6 is 0 Å². The zero-order valence-corrected chi connectivity index (χ0v) is 12.8. The molecule has 0 unspecified atom stereocenters. The molecule has 2 amide bonds. The van der Waals surface area contributed by atoms with Gasteiger partial charge < -0.3 is 15.0 Å². The molecule has 1 N–H and O–H groups in total. The Morgan fingerprint density at radius 3 is 2.67 bits per heavy atom. The maximum absolute atomic E-state index is 11.9. The molecule has 0 bridgehead atoms. The van der Waals surface area contributed by atoms with Gasteiger partial charge in [-0.1, -0.05) is 0 Å². The monoisotopic (exact) mass is 294 g/mol. The Kier molecular flexibility index (Phi) is 4.82. The largest absolute Gasteiger partial charge is 0.468 e. The van der Waals surface area contributed by atoms with Crippen LogP contribution in [0.3, 0.4) is 0 Å². The van der Waals surface area contributed by atoms with Gasteiger partial charge in [0, 0.05) is 32.2 Å². The molecule has 1 aromatic heterocycles. The van der Waals surface area contributed by atoms with Crippen LogP contribution in [-0.2, 0) is 11.8 Å². The van der Waals surface area contributed by atoms with E-state index in [1.165, 1.54) is 4.68 Å². The molecular formula is C14H22N4O3. The summed E-state index contributed by atoms with van der Waals surface area (Å²) in [7, 11) is 1.68. The summed E-state index contributed by atoms with van der Waals surface area (Å²) in [4.78, 5) is 25.6. The second kappa shape index (κ2) is 6.60. The SMILES string of the molecule is CC(C)NC(=O)c1cc(OCC(=O)N2CCCC2)n(C)n1. The first-order valence-corrected chi connectivity index (χ1v) is 7.23. The van der Waals surface area contributed by atoms with Crippen LogP contribution in [0.5, 0.6) is 5.88 Å². The highest BCUT2D eigenvalue weighted by atomic mass is 16.5. The van der Waals surface area contributed by atoms with Gasteiger partial charge in [0.25, 0.3) is 11.8 Å². The smallest absolute Gasteiger partial charge is 0.272 e. The lowest BCUT2D eigenvalue weighted by molar-refractivity contribution is -0.132. The van der Waals surface area contributed by atoms with Crippen molar-refractivity contribution in [3.63, 3.8) is 0 Å². The van der Waals surface area contributed by atoms with Crippen LogP contribution in [-0.4, -0.2) is 52.2 Å². The van der Waals surface area contributed by atoms with E-state index in [2.05, 4.69) is 10.4 Å². The van der Waals surface area contributed by atoms with Gasteiger partial charge >= 0.3 is 0 Å². The molecule has 1 aliphatic rings. The van der Waals surface area contributed by atoms with E-state index in [0.717, 1.165) is 25.9 Å². The van der Waals surface area contributed by atoms with Crippen molar-refractivity contribution in [2.45, 2.75) is 32.7 Å². The highest BCUT2D eigenvalue weighted by Crippen LogP contribution is 2.13. The van der Waals surface area contributed by atoms with Crippen LogP contribution in [0.15, 0.2) is 6.07 Å². The van der Waals surface area contributed by atoms with Gasteiger partial charge in [-0.15, -0.1) is 0 Å². The maximum Gasteiger partial charge on any atom is 0.272 e. The summed E-state index contributed by atoms with van der Waals surface area (Å²) in [6.07, 6.45) is 2.11. The Hall–Kier alpha value is -2.05. The number of likely N-dealkylation sites (tertiary alicyclic amines) is 1. The lowest BCUT2D eigenvalue weighted by Gasteiger charge is -2.15. The quantitative estimate of drug-likeness (QED) is 0.861. The average molecular weight is 294 g/mol. The number of aromatic nitrogens is 2. The fourth-order valence-corrected chi connectivity index (χ4v) is 2.23. The van der Waals surface area contributed by atoms with Crippen molar-refractivity contribution in [1.29, 1.82) is 0 Å². The number of hydrogen-bond acceptors (Lipinski definition) is 4. The third-order valence-electron chi connectivity index (χ3n) is 3.29. The van der Waals surface area contributed by atoms with Crippen molar-refractivity contribution in [2.24, 2.45) is 7.05 Å². The number of nitrogens with zero attached hydrogens (tertiary/aromatic N) is 3. The van der Waals surface area contributed by atoms with Gasteiger partial charge in [-0.2, -0.15) is 5.10 Å². The molecule has 7 heteroatoms. The minimum Gasteiger partial charge on any atom is -0.468 e. The number of aryl methyl sites for hydroxylation is 1. The Labute approximate surface area is 124 Å². The number of carbonyl (C=O) groups is 2. The molecule has 0 aromatic carbocycles. The van der Waals surface area contributed by atoms with Gasteiger partial charge in [0.1, 0.15) is 0 Å². The molecule has 1 saturated heterocycles. The van der Waals surface area contributed by atoms with E-state index in [1.807, 2.05) is 13.8 Å². The van der Waals surface area contributed by atoms with Crippen LogP contribution in [0.1, 0.15) is 37.2 Å². The van der Waals surface area contributed by atoms with Crippen molar-refractivity contribution in [1.82, 2.24) is 20.0 Å². The van der Waals surface area contributed by atoms with Gasteiger partial charge in [-0.05, 0) is 26.7 Å². The Morgan fingerprint density at radius 2 is 2.05 bits per heavy atom. The van der Waals surface area contributed by atoms with E-state index >= 15 is 0 Å². The van der Waals surface area contributed by atoms with E-state index in [1.54, 1.807) is 18.0 Å². The summed E-state index contributed by atoms with van der Waals surface area (Å²) in [5.74, 6) is 0.139. The molecule has 0 atom stereocenters. The van der Waals surface area contributed by atoms with E-state index in [0.29, 0.717) is 5.88 Å². The molecule has 21 heavy (non-hydrogen) atoms. The second-order valence-electron chi connectivity index (χ2n) is 5.50. The number of nitrogens with one attached hydrogen (secondary N) is 1. The first-order chi connectivity index (χ1) is 9.97. The van der Waals surface area contributed by atoms with Crippen LogP contribution in [0.2, 0.25) is 0 Å². The van der Waals surface area contributed by atoms with Gasteiger partial charge in [-0.3, -0.25) is 9.59 Å². The Balaban J connectivity index is 1.92. The van der Waals surface area contributed by atoms with Crippen molar-refractivity contribution in [2.75, 3.05) is 19.7 Å². The van der Waals surface area contributed by atoms with E-state index in [4.69, 9.17) is 4.74 Å². The minimum atomic E-state index is -0.249. The van der Waals surface area contributed by atoms with Gasteiger partial charge in [0.15, 0.2) is 12.3 Å². The standard InChI is InChI=1S/C14H22N4O3/c1-10(2)15-14(20)11-8-13(17(3)16-11)21-9-12(19)18-6-4-5-7-18/h8,10H,4-7,9H2,1-3H3,(H,15,20). The molecule has 0 spiro atoms. The molecule has 1 fully saturated rings. The first-order valence-electron chi connectivity index (χ1n) is 7.23. The second-order valence-corrected chi connectivity index (χ2v) is 5.50. The molecule has 1 aliphatic heterocycles. The number of rotatable bonds is 5. The van der Waals surface area contributed by atoms with E-state index in [-0.39, 0.29) is 30.2 Å². The Morgan fingerprint density at radius 1 is 1.38 bits per heavy atom. The molecule has 116 valence electrons. The van der Waals surface area contributed by atoms with Crippen LogP contribution in [0.4, 0.5) is 0 Å².